The van der Waals surface area contributed by atoms with E-state index < -0.39 is 0 Å². The van der Waals surface area contributed by atoms with E-state index in [1.165, 1.54) is 5.56 Å². The number of ether oxygens (including phenoxy) is 1. The molecule has 2 aliphatic rings. The summed E-state index contributed by atoms with van der Waals surface area (Å²) in [6, 6.07) is 0.361. The molecule has 4 heteroatoms. The maximum absolute atomic E-state index is 11.2. The molecule has 0 atom stereocenters. The lowest BCUT2D eigenvalue weighted by Gasteiger charge is -2.23. The fraction of sp³-hybridized carbons (Fsp3) is 0.667. The van der Waals surface area contributed by atoms with Crippen LogP contribution in [0.1, 0.15) is 47.1 Å². The lowest BCUT2D eigenvalue weighted by molar-refractivity contribution is 0.0650. The van der Waals surface area contributed by atoms with E-state index in [-0.39, 0.29) is 0 Å². The second-order valence-electron chi connectivity index (χ2n) is 4.57. The van der Waals surface area contributed by atoms with Gasteiger partial charge in [0.25, 0.3) is 0 Å². The second-order valence-corrected chi connectivity index (χ2v) is 4.57. The highest BCUT2D eigenvalue weighted by molar-refractivity contribution is 5.75. The number of nitrogens with zero attached hydrogens (tertiary/aromatic N) is 2. The van der Waals surface area contributed by atoms with Crippen molar-refractivity contribution in [2.75, 3.05) is 13.2 Å². The third-order valence-corrected chi connectivity index (χ3v) is 3.62. The van der Waals surface area contributed by atoms with Gasteiger partial charge in [-0.15, -0.1) is 0 Å². The van der Waals surface area contributed by atoms with Crippen LogP contribution in [0.5, 0.6) is 0 Å². The quantitative estimate of drug-likeness (QED) is 0.710. The summed E-state index contributed by atoms with van der Waals surface area (Å²) in [7, 11) is 0. The van der Waals surface area contributed by atoms with Gasteiger partial charge in [0.05, 0.1) is 11.7 Å². The minimum absolute atomic E-state index is 0.361. The third kappa shape index (κ3) is 1.48. The van der Waals surface area contributed by atoms with Gasteiger partial charge in [0.15, 0.2) is 6.29 Å². The van der Waals surface area contributed by atoms with Crippen LogP contribution in [0.4, 0.5) is 0 Å². The average Bonchev–Trinajstić information content (AvgIpc) is 2.89. The molecule has 0 N–H and O–H groups in total. The minimum Gasteiger partial charge on any atom is -0.381 e. The van der Waals surface area contributed by atoms with E-state index >= 15 is 0 Å². The smallest absolute Gasteiger partial charge is 0.168 e. The van der Waals surface area contributed by atoms with E-state index in [2.05, 4.69) is 5.10 Å². The molecule has 0 amide bonds. The van der Waals surface area contributed by atoms with E-state index in [1.807, 2.05) is 4.68 Å². The second kappa shape index (κ2) is 4.01. The van der Waals surface area contributed by atoms with Crippen molar-refractivity contribution in [3.63, 3.8) is 0 Å². The number of aldehydes is 1. The molecule has 0 bridgehead atoms. The molecule has 1 aliphatic heterocycles. The normalized spacial score (nSPS) is 21.0. The van der Waals surface area contributed by atoms with Crippen molar-refractivity contribution < 1.29 is 9.53 Å². The summed E-state index contributed by atoms with van der Waals surface area (Å²) in [5, 5.41) is 4.62. The predicted octanol–water partition coefficient (Wildman–Crippen LogP) is 1.54. The van der Waals surface area contributed by atoms with Crippen LogP contribution in [-0.2, 0) is 17.6 Å². The van der Waals surface area contributed by atoms with Crippen LogP contribution in [0.3, 0.4) is 0 Å². The Hall–Kier alpha value is -1.16. The zero-order chi connectivity index (χ0) is 11.0. The molecule has 0 saturated carbocycles. The number of aryl methyl sites for hydroxylation is 1. The topological polar surface area (TPSA) is 44.1 Å². The van der Waals surface area contributed by atoms with E-state index in [0.29, 0.717) is 6.04 Å². The standard InChI is InChI=1S/C12H16N2O2/c15-8-12-10-2-1-3-11(10)13-14(12)9-4-6-16-7-5-9/h8-9H,1-7H2. The summed E-state index contributed by atoms with van der Waals surface area (Å²) in [4.78, 5) is 11.2. The number of hydrogen-bond donors (Lipinski definition) is 0. The Morgan fingerprint density at radius 2 is 2.12 bits per heavy atom. The fourth-order valence-corrected chi connectivity index (χ4v) is 2.77. The first-order valence-corrected chi connectivity index (χ1v) is 6.03. The number of hydrogen-bond acceptors (Lipinski definition) is 3. The van der Waals surface area contributed by atoms with Gasteiger partial charge >= 0.3 is 0 Å². The molecule has 3 rings (SSSR count). The van der Waals surface area contributed by atoms with E-state index in [4.69, 9.17) is 4.74 Å². The Morgan fingerprint density at radius 3 is 2.88 bits per heavy atom. The summed E-state index contributed by atoms with van der Waals surface area (Å²) >= 11 is 0. The van der Waals surface area contributed by atoms with Gasteiger partial charge in [0.1, 0.15) is 5.69 Å². The zero-order valence-electron chi connectivity index (χ0n) is 9.32. The molecular weight excluding hydrogens is 204 g/mol. The van der Waals surface area contributed by atoms with Crippen LogP contribution in [0.2, 0.25) is 0 Å². The molecular formula is C12H16N2O2. The predicted molar refractivity (Wildman–Crippen MR) is 58.7 cm³/mol. The van der Waals surface area contributed by atoms with Crippen LogP contribution < -0.4 is 0 Å². The van der Waals surface area contributed by atoms with Gasteiger partial charge in [-0.3, -0.25) is 9.48 Å². The Labute approximate surface area is 94.6 Å². The maximum atomic E-state index is 11.2. The van der Waals surface area contributed by atoms with Crippen molar-refractivity contribution >= 4 is 6.29 Å². The van der Waals surface area contributed by atoms with Gasteiger partial charge in [-0.05, 0) is 32.1 Å². The third-order valence-electron chi connectivity index (χ3n) is 3.62. The number of rotatable bonds is 2. The van der Waals surface area contributed by atoms with Gasteiger partial charge < -0.3 is 4.74 Å². The summed E-state index contributed by atoms with van der Waals surface area (Å²) in [5.41, 5.74) is 3.16. The highest BCUT2D eigenvalue weighted by Gasteiger charge is 2.26. The van der Waals surface area contributed by atoms with Crippen LogP contribution >= 0.6 is 0 Å². The highest BCUT2D eigenvalue weighted by atomic mass is 16.5. The molecule has 1 saturated heterocycles. The maximum Gasteiger partial charge on any atom is 0.168 e. The molecule has 0 spiro atoms. The molecule has 1 aromatic rings. The molecule has 1 fully saturated rings. The van der Waals surface area contributed by atoms with Crippen LogP contribution in [0, 0.1) is 0 Å². The number of carbonyl (C=O) groups is 1. The molecule has 1 aromatic heterocycles. The van der Waals surface area contributed by atoms with Crippen molar-refractivity contribution in [2.24, 2.45) is 0 Å². The number of fused-ring (bicyclic) bond motifs is 1. The van der Waals surface area contributed by atoms with E-state index in [0.717, 1.165) is 63.0 Å². The van der Waals surface area contributed by atoms with Crippen LogP contribution in [0.25, 0.3) is 0 Å². The molecule has 0 unspecified atom stereocenters. The lowest BCUT2D eigenvalue weighted by atomic mass is 10.1. The van der Waals surface area contributed by atoms with Gasteiger partial charge in [-0.1, -0.05) is 0 Å². The van der Waals surface area contributed by atoms with E-state index in [1.54, 1.807) is 0 Å². The average molecular weight is 220 g/mol. The summed E-state index contributed by atoms with van der Waals surface area (Å²) in [5.74, 6) is 0. The summed E-state index contributed by atoms with van der Waals surface area (Å²) in [6.07, 6.45) is 6.13. The number of carbonyl (C=O) groups excluding carboxylic acids is 1. The number of aromatic nitrogens is 2. The largest absolute Gasteiger partial charge is 0.381 e. The lowest BCUT2D eigenvalue weighted by Crippen LogP contribution is -2.22. The van der Waals surface area contributed by atoms with Gasteiger partial charge in [0.2, 0.25) is 0 Å². The SMILES string of the molecule is O=Cc1c2c(nn1C1CCOCC1)CCC2. The van der Waals surface area contributed by atoms with Gasteiger partial charge in [-0.2, -0.15) is 5.10 Å². The van der Waals surface area contributed by atoms with Crippen molar-refractivity contribution in [3.8, 4) is 0 Å². The minimum atomic E-state index is 0.361. The Kier molecular flexibility index (Phi) is 2.52. The van der Waals surface area contributed by atoms with E-state index in [9.17, 15) is 4.79 Å². The Morgan fingerprint density at radius 1 is 1.31 bits per heavy atom. The van der Waals surface area contributed by atoms with Crippen molar-refractivity contribution in [3.05, 3.63) is 17.0 Å². The van der Waals surface area contributed by atoms with Gasteiger partial charge in [-0.25, -0.2) is 0 Å². The molecule has 2 heterocycles. The van der Waals surface area contributed by atoms with Gasteiger partial charge in [0, 0.05) is 18.8 Å². The Balaban J connectivity index is 1.96. The van der Waals surface area contributed by atoms with Crippen molar-refractivity contribution in [1.29, 1.82) is 0 Å². The summed E-state index contributed by atoms with van der Waals surface area (Å²) < 4.78 is 7.30. The summed E-state index contributed by atoms with van der Waals surface area (Å²) in [6.45, 7) is 1.57. The molecule has 4 nitrogen and oxygen atoms in total. The molecule has 1 aliphatic carbocycles. The van der Waals surface area contributed by atoms with Crippen LogP contribution in [0.15, 0.2) is 0 Å². The molecule has 86 valence electrons. The fourth-order valence-electron chi connectivity index (χ4n) is 2.77. The first-order valence-electron chi connectivity index (χ1n) is 6.03. The highest BCUT2D eigenvalue weighted by Crippen LogP contribution is 2.29. The Bertz CT molecular complexity index is 405. The zero-order valence-corrected chi connectivity index (χ0v) is 9.32. The first kappa shape index (κ1) is 10.0. The van der Waals surface area contributed by atoms with Crippen LogP contribution in [-0.4, -0.2) is 29.3 Å². The molecule has 0 aromatic carbocycles. The first-order chi connectivity index (χ1) is 7.90. The molecule has 0 radical (unpaired) electrons. The van der Waals surface area contributed by atoms with Crippen molar-refractivity contribution in [1.82, 2.24) is 9.78 Å². The monoisotopic (exact) mass is 220 g/mol. The molecule has 16 heavy (non-hydrogen) atoms. The van der Waals surface area contributed by atoms with Crippen molar-refractivity contribution in [2.45, 2.75) is 38.1 Å².